The van der Waals surface area contributed by atoms with Crippen molar-refractivity contribution in [1.82, 2.24) is 10.2 Å². The van der Waals surface area contributed by atoms with Gasteiger partial charge in [0.1, 0.15) is 5.60 Å². The van der Waals surface area contributed by atoms with E-state index in [2.05, 4.69) is 12.2 Å². The molecule has 1 N–H and O–H groups in total. The topological polar surface area (TPSA) is 41.6 Å². The number of hydrogen-bond donors (Lipinski definition) is 1. The zero-order chi connectivity index (χ0) is 12.9. The van der Waals surface area contributed by atoms with E-state index in [1.807, 2.05) is 25.7 Å². The number of piperidine rings is 1. The Morgan fingerprint density at radius 3 is 2.76 bits per heavy atom. The van der Waals surface area contributed by atoms with Gasteiger partial charge in [0.15, 0.2) is 0 Å². The van der Waals surface area contributed by atoms with Crippen LogP contribution in [-0.2, 0) is 4.74 Å². The normalized spacial score (nSPS) is 21.4. The molecule has 0 radical (unpaired) electrons. The van der Waals surface area contributed by atoms with Gasteiger partial charge in [-0.05, 0) is 52.6 Å². The molecule has 17 heavy (non-hydrogen) atoms. The molecular weight excluding hydrogens is 216 g/mol. The van der Waals surface area contributed by atoms with E-state index in [0.29, 0.717) is 5.92 Å². The molecule has 1 fully saturated rings. The van der Waals surface area contributed by atoms with E-state index in [-0.39, 0.29) is 6.09 Å². The monoisotopic (exact) mass is 242 g/mol. The van der Waals surface area contributed by atoms with Crippen LogP contribution in [0.5, 0.6) is 0 Å². The van der Waals surface area contributed by atoms with Crippen LogP contribution in [-0.4, -0.2) is 42.8 Å². The van der Waals surface area contributed by atoms with Gasteiger partial charge < -0.3 is 15.0 Å². The van der Waals surface area contributed by atoms with Gasteiger partial charge in [-0.25, -0.2) is 4.79 Å². The number of amides is 1. The van der Waals surface area contributed by atoms with E-state index in [1.165, 1.54) is 6.42 Å². The highest BCUT2D eigenvalue weighted by atomic mass is 16.6. The predicted octanol–water partition coefficient (Wildman–Crippen LogP) is 2.24. The quantitative estimate of drug-likeness (QED) is 0.825. The summed E-state index contributed by atoms with van der Waals surface area (Å²) in [5.41, 5.74) is -0.397. The SMILES string of the molecule is CCNC[C@@H]1CCCN(C(=O)OC(C)(C)C)C1. The molecule has 0 bridgehead atoms. The zero-order valence-corrected chi connectivity index (χ0v) is 11.6. The lowest BCUT2D eigenvalue weighted by atomic mass is 9.98. The van der Waals surface area contributed by atoms with E-state index >= 15 is 0 Å². The van der Waals surface area contributed by atoms with Gasteiger partial charge in [0, 0.05) is 13.1 Å². The van der Waals surface area contributed by atoms with Gasteiger partial charge in [0.05, 0.1) is 0 Å². The lowest BCUT2D eigenvalue weighted by Gasteiger charge is -2.34. The summed E-state index contributed by atoms with van der Waals surface area (Å²) in [7, 11) is 0. The largest absolute Gasteiger partial charge is 0.444 e. The highest BCUT2D eigenvalue weighted by molar-refractivity contribution is 5.68. The second kappa shape index (κ2) is 6.24. The Balaban J connectivity index is 2.40. The van der Waals surface area contributed by atoms with E-state index in [4.69, 9.17) is 4.74 Å². The van der Waals surface area contributed by atoms with Crippen molar-refractivity contribution in [3.05, 3.63) is 0 Å². The molecule has 1 rings (SSSR count). The van der Waals surface area contributed by atoms with Crippen LogP contribution in [0.1, 0.15) is 40.5 Å². The molecule has 1 amide bonds. The molecule has 0 aliphatic carbocycles. The van der Waals surface area contributed by atoms with Crippen LogP contribution in [0.2, 0.25) is 0 Å². The van der Waals surface area contributed by atoms with Gasteiger partial charge in [-0.1, -0.05) is 6.92 Å². The van der Waals surface area contributed by atoms with Gasteiger partial charge in [-0.15, -0.1) is 0 Å². The maximum absolute atomic E-state index is 11.9. The van der Waals surface area contributed by atoms with Crippen molar-refractivity contribution in [3.63, 3.8) is 0 Å². The van der Waals surface area contributed by atoms with Gasteiger partial charge in [0.25, 0.3) is 0 Å². The molecule has 1 aliphatic rings. The fraction of sp³-hybridized carbons (Fsp3) is 0.923. The molecule has 1 aliphatic heterocycles. The lowest BCUT2D eigenvalue weighted by molar-refractivity contribution is 0.0167. The van der Waals surface area contributed by atoms with Crippen LogP contribution in [0.4, 0.5) is 4.79 Å². The molecule has 100 valence electrons. The van der Waals surface area contributed by atoms with Crippen molar-refractivity contribution in [1.29, 1.82) is 0 Å². The molecule has 0 saturated carbocycles. The van der Waals surface area contributed by atoms with Crippen molar-refractivity contribution in [2.45, 2.75) is 46.1 Å². The smallest absolute Gasteiger partial charge is 0.410 e. The zero-order valence-electron chi connectivity index (χ0n) is 11.6. The summed E-state index contributed by atoms with van der Waals surface area (Å²) in [6.07, 6.45) is 2.11. The molecular formula is C13H26N2O2. The van der Waals surface area contributed by atoms with Crippen LogP contribution < -0.4 is 5.32 Å². The molecule has 1 saturated heterocycles. The van der Waals surface area contributed by atoms with E-state index in [0.717, 1.165) is 32.6 Å². The van der Waals surface area contributed by atoms with Crippen LogP contribution in [0.15, 0.2) is 0 Å². The molecule has 0 unspecified atom stereocenters. The maximum atomic E-state index is 11.9. The summed E-state index contributed by atoms with van der Waals surface area (Å²) in [6.45, 7) is 11.5. The maximum Gasteiger partial charge on any atom is 0.410 e. The molecule has 4 nitrogen and oxygen atoms in total. The summed E-state index contributed by atoms with van der Waals surface area (Å²) in [5, 5.41) is 3.35. The number of hydrogen-bond acceptors (Lipinski definition) is 3. The van der Waals surface area contributed by atoms with E-state index < -0.39 is 5.60 Å². The number of ether oxygens (including phenoxy) is 1. The Hall–Kier alpha value is -0.770. The lowest BCUT2D eigenvalue weighted by Crippen LogP contribution is -2.45. The average molecular weight is 242 g/mol. The molecule has 0 spiro atoms. The first-order valence-corrected chi connectivity index (χ1v) is 6.61. The first-order valence-electron chi connectivity index (χ1n) is 6.61. The summed E-state index contributed by atoms with van der Waals surface area (Å²) in [6, 6.07) is 0. The minimum Gasteiger partial charge on any atom is -0.444 e. The first-order chi connectivity index (χ1) is 7.92. The number of nitrogens with one attached hydrogen (secondary N) is 1. The van der Waals surface area contributed by atoms with Crippen molar-refractivity contribution in [2.75, 3.05) is 26.2 Å². The number of rotatable bonds is 3. The molecule has 0 aromatic carbocycles. The summed E-state index contributed by atoms with van der Waals surface area (Å²) in [5.74, 6) is 0.566. The first kappa shape index (κ1) is 14.3. The third kappa shape index (κ3) is 5.39. The predicted molar refractivity (Wildman–Crippen MR) is 69.1 cm³/mol. The van der Waals surface area contributed by atoms with Gasteiger partial charge in [-0.2, -0.15) is 0 Å². The minimum atomic E-state index is -0.397. The van der Waals surface area contributed by atoms with Gasteiger partial charge in [0.2, 0.25) is 0 Å². The fourth-order valence-corrected chi connectivity index (χ4v) is 2.07. The number of likely N-dealkylation sites (tertiary alicyclic amines) is 1. The molecule has 1 heterocycles. The highest BCUT2D eigenvalue weighted by Gasteiger charge is 2.27. The van der Waals surface area contributed by atoms with Crippen molar-refractivity contribution >= 4 is 6.09 Å². The Kier molecular flexibility index (Phi) is 5.25. The number of carbonyl (C=O) groups is 1. The van der Waals surface area contributed by atoms with E-state index in [9.17, 15) is 4.79 Å². The Bertz CT molecular complexity index is 248. The summed E-state index contributed by atoms with van der Waals surface area (Å²) >= 11 is 0. The minimum absolute atomic E-state index is 0.168. The van der Waals surface area contributed by atoms with Crippen LogP contribution >= 0.6 is 0 Å². The molecule has 0 aromatic rings. The Labute approximate surface area is 105 Å². The third-order valence-corrected chi connectivity index (χ3v) is 2.85. The fourth-order valence-electron chi connectivity index (χ4n) is 2.07. The third-order valence-electron chi connectivity index (χ3n) is 2.85. The Morgan fingerprint density at radius 1 is 1.47 bits per heavy atom. The van der Waals surface area contributed by atoms with Crippen molar-refractivity contribution in [3.8, 4) is 0 Å². The number of carbonyl (C=O) groups excluding carboxylic acids is 1. The summed E-state index contributed by atoms with van der Waals surface area (Å²) in [4.78, 5) is 13.8. The van der Waals surface area contributed by atoms with Crippen LogP contribution in [0.3, 0.4) is 0 Å². The van der Waals surface area contributed by atoms with Crippen LogP contribution in [0, 0.1) is 5.92 Å². The highest BCUT2D eigenvalue weighted by Crippen LogP contribution is 2.18. The van der Waals surface area contributed by atoms with Gasteiger partial charge >= 0.3 is 6.09 Å². The average Bonchev–Trinajstić information content (AvgIpc) is 2.24. The Morgan fingerprint density at radius 2 is 2.18 bits per heavy atom. The number of nitrogens with zero attached hydrogens (tertiary/aromatic N) is 1. The molecule has 1 atom stereocenters. The standard InChI is InChI=1S/C13H26N2O2/c1-5-14-9-11-7-6-8-15(10-11)12(16)17-13(2,3)4/h11,14H,5-10H2,1-4H3/t11-/m0/s1. The van der Waals surface area contributed by atoms with Crippen molar-refractivity contribution in [2.24, 2.45) is 5.92 Å². The van der Waals surface area contributed by atoms with Crippen LogP contribution in [0.25, 0.3) is 0 Å². The van der Waals surface area contributed by atoms with Crippen molar-refractivity contribution < 1.29 is 9.53 Å². The second-order valence-electron chi connectivity index (χ2n) is 5.74. The summed E-state index contributed by atoms with van der Waals surface area (Å²) < 4.78 is 5.40. The second-order valence-corrected chi connectivity index (χ2v) is 5.74. The molecule has 4 heteroatoms. The van der Waals surface area contributed by atoms with E-state index in [1.54, 1.807) is 0 Å². The molecule has 0 aromatic heterocycles. The van der Waals surface area contributed by atoms with Gasteiger partial charge in [-0.3, -0.25) is 0 Å².